The zero-order chi connectivity index (χ0) is 15.2. The first-order valence-electron chi connectivity index (χ1n) is 7.36. The predicted octanol–water partition coefficient (Wildman–Crippen LogP) is 2.25. The molecule has 21 heavy (non-hydrogen) atoms. The Morgan fingerprint density at radius 3 is 2.48 bits per heavy atom. The van der Waals surface area contributed by atoms with Crippen LogP contribution in [0.4, 0.5) is 0 Å². The van der Waals surface area contributed by atoms with E-state index < -0.39 is 0 Å². The Kier molecular flexibility index (Phi) is 5.20. The van der Waals surface area contributed by atoms with Gasteiger partial charge in [0.1, 0.15) is 11.5 Å². The Bertz CT molecular complexity index is 498. The molecular weight excluding hydrogens is 270 g/mol. The third-order valence-electron chi connectivity index (χ3n) is 3.44. The lowest BCUT2D eigenvalue weighted by atomic mass is 10.1. The second-order valence-electron chi connectivity index (χ2n) is 5.07. The molecule has 1 aliphatic rings. The van der Waals surface area contributed by atoms with Crippen LogP contribution in [0, 0.1) is 5.92 Å². The van der Waals surface area contributed by atoms with Crippen molar-refractivity contribution in [2.24, 2.45) is 5.92 Å². The van der Waals surface area contributed by atoms with E-state index in [2.05, 4.69) is 0 Å². The van der Waals surface area contributed by atoms with Gasteiger partial charge in [-0.25, -0.2) is 0 Å². The van der Waals surface area contributed by atoms with Crippen LogP contribution in [0.25, 0.3) is 0 Å². The van der Waals surface area contributed by atoms with Crippen molar-refractivity contribution in [3.05, 3.63) is 24.3 Å². The number of ether oxygens (including phenoxy) is 2. The summed E-state index contributed by atoms with van der Waals surface area (Å²) in [5, 5.41) is 0. The molecule has 1 aromatic rings. The summed E-state index contributed by atoms with van der Waals surface area (Å²) >= 11 is 0. The molecule has 1 amide bonds. The molecule has 1 atom stereocenters. The van der Waals surface area contributed by atoms with Crippen LogP contribution in [0.1, 0.15) is 26.7 Å². The number of carbonyl (C=O) groups is 2. The Balaban J connectivity index is 1.89. The second-order valence-corrected chi connectivity index (χ2v) is 5.07. The highest BCUT2D eigenvalue weighted by molar-refractivity contribution is 5.87. The molecule has 1 unspecified atom stereocenters. The van der Waals surface area contributed by atoms with Gasteiger partial charge in [-0.2, -0.15) is 0 Å². The fraction of sp³-hybridized carbons (Fsp3) is 0.500. The first-order chi connectivity index (χ1) is 10.1. The molecule has 5 nitrogen and oxygen atoms in total. The van der Waals surface area contributed by atoms with Crippen LogP contribution in [0.5, 0.6) is 11.5 Å². The van der Waals surface area contributed by atoms with Crippen LogP contribution in [0.2, 0.25) is 0 Å². The van der Waals surface area contributed by atoms with Crippen LogP contribution in [0.3, 0.4) is 0 Å². The highest BCUT2D eigenvalue weighted by atomic mass is 16.5. The molecule has 114 valence electrons. The smallest absolute Gasteiger partial charge is 0.316 e. The maximum absolute atomic E-state index is 12.0. The molecule has 2 rings (SSSR count). The quantitative estimate of drug-likeness (QED) is 0.596. The number of esters is 1. The number of carbonyl (C=O) groups excluding carboxylic acids is 2. The van der Waals surface area contributed by atoms with E-state index in [0.717, 1.165) is 12.2 Å². The molecule has 1 fully saturated rings. The molecule has 1 aliphatic heterocycles. The molecule has 0 aliphatic carbocycles. The Hall–Kier alpha value is -2.04. The number of nitrogens with zero attached hydrogens (tertiary/aromatic N) is 1. The number of rotatable bonds is 6. The molecule has 1 saturated heterocycles. The predicted molar refractivity (Wildman–Crippen MR) is 78.2 cm³/mol. The van der Waals surface area contributed by atoms with Crippen molar-refractivity contribution in [2.45, 2.75) is 26.7 Å². The summed E-state index contributed by atoms with van der Waals surface area (Å²) in [5.74, 6) is 0.536. The molecule has 0 bridgehead atoms. The number of hydrogen-bond acceptors (Lipinski definition) is 4. The molecule has 0 radical (unpaired) electrons. The average Bonchev–Trinajstić information content (AvgIpc) is 2.88. The lowest BCUT2D eigenvalue weighted by molar-refractivity contribution is -0.139. The van der Waals surface area contributed by atoms with E-state index in [1.54, 1.807) is 29.2 Å². The first kappa shape index (κ1) is 15.4. The zero-order valence-corrected chi connectivity index (χ0v) is 12.5. The van der Waals surface area contributed by atoms with Crippen LogP contribution < -0.4 is 9.47 Å². The molecule has 1 heterocycles. The molecule has 0 aromatic heterocycles. The summed E-state index contributed by atoms with van der Waals surface area (Å²) in [6.45, 7) is 5.69. The number of likely N-dealkylation sites (tertiary alicyclic amines) is 1. The van der Waals surface area contributed by atoms with E-state index in [9.17, 15) is 9.59 Å². The van der Waals surface area contributed by atoms with Gasteiger partial charge in [-0.15, -0.1) is 0 Å². The largest absolute Gasteiger partial charge is 0.494 e. The van der Waals surface area contributed by atoms with Crippen molar-refractivity contribution >= 4 is 11.9 Å². The molecule has 0 N–H and O–H groups in total. The Morgan fingerprint density at radius 2 is 1.90 bits per heavy atom. The van der Waals surface area contributed by atoms with Crippen LogP contribution in [-0.2, 0) is 9.59 Å². The molecular formula is C16H21NO4. The number of benzene rings is 1. The summed E-state index contributed by atoms with van der Waals surface area (Å²) < 4.78 is 10.8. The number of hydrogen-bond donors (Lipinski definition) is 0. The van der Waals surface area contributed by atoms with Crippen molar-refractivity contribution in [3.63, 3.8) is 0 Å². The van der Waals surface area contributed by atoms with Gasteiger partial charge >= 0.3 is 5.97 Å². The third kappa shape index (κ3) is 3.97. The van der Waals surface area contributed by atoms with Gasteiger partial charge in [0.05, 0.1) is 12.5 Å². The zero-order valence-electron chi connectivity index (χ0n) is 12.5. The Labute approximate surface area is 124 Å². The Morgan fingerprint density at radius 1 is 1.24 bits per heavy atom. The first-order valence-corrected chi connectivity index (χ1v) is 7.36. The molecule has 0 spiro atoms. The minimum atomic E-state index is -0.367. The van der Waals surface area contributed by atoms with E-state index in [0.29, 0.717) is 25.4 Å². The fourth-order valence-corrected chi connectivity index (χ4v) is 2.26. The van der Waals surface area contributed by atoms with Crippen molar-refractivity contribution in [1.29, 1.82) is 0 Å². The summed E-state index contributed by atoms with van der Waals surface area (Å²) in [5.41, 5.74) is 0. The lowest BCUT2D eigenvalue weighted by Gasteiger charge is -2.13. The van der Waals surface area contributed by atoms with Crippen molar-refractivity contribution < 1.29 is 19.1 Å². The van der Waals surface area contributed by atoms with Crippen molar-refractivity contribution in [2.75, 3.05) is 19.7 Å². The van der Waals surface area contributed by atoms with E-state index in [-0.39, 0.29) is 24.2 Å². The third-order valence-corrected chi connectivity index (χ3v) is 3.44. The lowest BCUT2D eigenvalue weighted by Crippen LogP contribution is -2.27. The van der Waals surface area contributed by atoms with E-state index in [1.165, 1.54) is 0 Å². The highest BCUT2D eigenvalue weighted by Gasteiger charge is 2.34. The average molecular weight is 291 g/mol. The summed E-state index contributed by atoms with van der Waals surface area (Å²) in [6.07, 6.45) is 1.19. The topological polar surface area (TPSA) is 55.8 Å². The van der Waals surface area contributed by atoms with Gasteiger partial charge in [0.15, 0.2) is 0 Å². The highest BCUT2D eigenvalue weighted by Crippen LogP contribution is 2.22. The van der Waals surface area contributed by atoms with Crippen LogP contribution in [-0.4, -0.2) is 36.5 Å². The van der Waals surface area contributed by atoms with Crippen molar-refractivity contribution in [1.82, 2.24) is 4.90 Å². The van der Waals surface area contributed by atoms with E-state index >= 15 is 0 Å². The van der Waals surface area contributed by atoms with Gasteiger partial charge in [-0.3, -0.25) is 9.59 Å². The minimum Gasteiger partial charge on any atom is -0.494 e. The van der Waals surface area contributed by atoms with Gasteiger partial charge in [0.25, 0.3) is 0 Å². The monoisotopic (exact) mass is 291 g/mol. The summed E-state index contributed by atoms with van der Waals surface area (Å²) in [7, 11) is 0. The fourth-order valence-electron chi connectivity index (χ4n) is 2.26. The number of amides is 1. The molecule has 0 saturated carbocycles. The van der Waals surface area contributed by atoms with Gasteiger partial charge in [0.2, 0.25) is 5.91 Å². The van der Waals surface area contributed by atoms with Gasteiger partial charge in [-0.05, 0) is 37.6 Å². The molecule has 5 heteroatoms. The SMILES string of the molecule is CCCOc1ccc(OC(=O)C2CC(=O)N(CC)C2)cc1. The van der Waals surface area contributed by atoms with Crippen LogP contribution in [0.15, 0.2) is 24.3 Å². The maximum atomic E-state index is 12.0. The minimum absolute atomic E-state index is 0.0164. The summed E-state index contributed by atoms with van der Waals surface area (Å²) in [4.78, 5) is 25.3. The summed E-state index contributed by atoms with van der Waals surface area (Å²) in [6, 6.07) is 6.96. The second kappa shape index (κ2) is 7.11. The van der Waals surface area contributed by atoms with Gasteiger partial charge in [-0.1, -0.05) is 6.92 Å². The van der Waals surface area contributed by atoms with E-state index in [1.807, 2.05) is 13.8 Å². The van der Waals surface area contributed by atoms with Crippen molar-refractivity contribution in [3.8, 4) is 11.5 Å². The van der Waals surface area contributed by atoms with Gasteiger partial charge < -0.3 is 14.4 Å². The maximum Gasteiger partial charge on any atom is 0.316 e. The molecule has 1 aromatic carbocycles. The van der Waals surface area contributed by atoms with Gasteiger partial charge in [0, 0.05) is 19.5 Å². The van der Waals surface area contributed by atoms with E-state index in [4.69, 9.17) is 9.47 Å². The standard InChI is InChI=1S/C16H21NO4/c1-3-9-20-13-5-7-14(8-6-13)21-16(19)12-10-15(18)17(4-2)11-12/h5-8,12H,3-4,9-11H2,1-2H3. The van der Waals surface area contributed by atoms with Crippen LogP contribution >= 0.6 is 0 Å². The normalized spacial score (nSPS) is 17.9.